The van der Waals surface area contributed by atoms with Crippen LogP contribution >= 0.6 is 0 Å². The van der Waals surface area contributed by atoms with Crippen molar-refractivity contribution >= 4 is 12.2 Å². The van der Waals surface area contributed by atoms with Crippen LogP contribution in [0.2, 0.25) is 0 Å². The number of alkyl carbamates (subject to hydrolysis) is 2. The zero-order valence-corrected chi connectivity index (χ0v) is 20.4. The molecule has 0 aliphatic carbocycles. The fourth-order valence-electron chi connectivity index (χ4n) is 3.02. The average Bonchev–Trinajstić information content (AvgIpc) is 2.71. The van der Waals surface area contributed by atoms with Crippen molar-refractivity contribution in [1.82, 2.24) is 10.6 Å². The first-order valence-corrected chi connectivity index (χ1v) is 11.1. The van der Waals surface area contributed by atoms with Crippen molar-refractivity contribution < 1.29 is 23.8 Å². The predicted octanol–water partition coefficient (Wildman–Crippen LogP) is 5.54. The van der Waals surface area contributed by atoms with Crippen LogP contribution in [-0.4, -0.2) is 36.6 Å². The number of amides is 2. The number of benzene rings is 2. The van der Waals surface area contributed by atoms with E-state index in [1.165, 1.54) is 0 Å². The van der Waals surface area contributed by atoms with Gasteiger partial charge in [0.15, 0.2) is 0 Å². The van der Waals surface area contributed by atoms with Gasteiger partial charge in [0.2, 0.25) is 0 Å². The molecule has 7 heteroatoms. The molecule has 33 heavy (non-hydrogen) atoms. The molecule has 2 rings (SSSR count). The van der Waals surface area contributed by atoms with Crippen LogP contribution in [0.15, 0.2) is 60.7 Å². The van der Waals surface area contributed by atoms with E-state index in [1.54, 1.807) is 0 Å². The maximum absolute atomic E-state index is 12.4. The summed E-state index contributed by atoms with van der Waals surface area (Å²) in [4.78, 5) is 24.8. The molecule has 2 N–H and O–H groups in total. The van der Waals surface area contributed by atoms with Crippen LogP contribution in [0.1, 0.15) is 64.8 Å². The van der Waals surface area contributed by atoms with Crippen LogP contribution in [0.3, 0.4) is 0 Å². The summed E-state index contributed by atoms with van der Waals surface area (Å²) in [5.41, 5.74) is 0.559. The van der Waals surface area contributed by atoms with Crippen molar-refractivity contribution in [3.63, 3.8) is 0 Å². The SMILES string of the molecule is CC(C)(C)OC(=O)N[C@@H](COC[C@H](NC(=O)OC(C)(C)C)c1ccccc1)c1ccccc1. The molecule has 2 aromatic rings. The van der Waals surface area contributed by atoms with Crippen molar-refractivity contribution in [2.45, 2.75) is 64.8 Å². The third kappa shape index (κ3) is 10.4. The van der Waals surface area contributed by atoms with Crippen molar-refractivity contribution in [3.05, 3.63) is 71.8 Å². The lowest BCUT2D eigenvalue weighted by Crippen LogP contribution is -2.38. The molecule has 0 saturated heterocycles. The first-order valence-electron chi connectivity index (χ1n) is 11.1. The smallest absolute Gasteiger partial charge is 0.408 e. The lowest BCUT2D eigenvalue weighted by atomic mass is 10.1. The minimum absolute atomic E-state index is 0.197. The van der Waals surface area contributed by atoms with Crippen molar-refractivity contribution in [3.8, 4) is 0 Å². The maximum Gasteiger partial charge on any atom is 0.408 e. The highest BCUT2D eigenvalue weighted by Crippen LogP contribution is 2.18. The van der Waals surface area contributed by atoms with Gasteiger partial charge in [-0.25, -0.2) is 9.59 Å². The van der Waals surface area contributed by atoms with Gasteiger partial charge in [0.25, 0.3) is 0 Å². The average molecular weight is 457 g/mol. The number of hydrogen-bond donors (Lipinski definition) is 2. The monoisotopic (exact) mass is 456 g/mol. The van der Waals surface area contributed by atoms with E-state index in [0.717, 1.165) is 11.1 Å². The highest BCUT2D eigenvalue weighted by molar-refractivity contribution is 5.69. The fourth-order valence-corrected chi connectivity index (χ4v) is 3.02. The number of hydrogen-bond acceptors (Lipinski definition) is 5. The standard InChI is InChI=1S/C26H36N2O5/c1-25(2,3)32-23(29)27-21(19-13-9-7-10-14-19)17-31-18-22(20-15-11-8-12-16-20)28-24(30)33-26(4,5)6/h7-16,21-22H,17-18H2,1-6H3,(H,27,29)(H,28,30)/t21-,22-/m0/s1. The normalized spacial score (nSPS) is 13.5. The summed E-state index contributed by atoms with van der Waals surface area (Å²) in [6.45, 7) is 11.3. The predicted molar refractivity (Wildman–Crippen MR) is 128 cm³/mol. The molecular weight excluding hydrogens is 420 g/mol. The summed E-state index contributed by atoms with van der Waals surface area (Å²) < 4.78 is 16.8. The molecule has 0 radical (unpaired) electrons. The van der Waals surface area contributed by atoms with Gasteiger partial charge in [-0.1, -0.05) is 60.7 Å². The highest BCUT2D eigenvalue weighted by atomic mass is 16.6. The van der Waals surface area contributed by atoms with Gasteiger partial charge in [-0.15, -0.1) is 0 Å². The minimum atomic E-state index is -0.609. The molecule has 0 spiro atoms. The molecule has 2 aromatic carbocycles. The molecule has 0 aromatic heterocycles. The Hall–Kier alpha value is -3.06. The van der Waals surface area contributed by atoms with E-state index >= 15 is 0 Å². The van der Waals surface area contributed by atoms with Gasteiger partial charge in [-0.3, -0.25) is 0 Å². The summed E-state index contributed by atoms with van der Waals surface area (Å²) >= 11 is 0. The Morgan fingerprint density at radius 3 is 1.30 bits per heavy atom. The molecule has 0 saturated carbocycles. The van der Waals surface area contributed by atoms with E-state index < -0.39 is 35.5 Å². The highest BCUT2D eigenvalue weighted by Gasteiger charge is 2.23. The molecule has 2 amide bonds. The Morgan fingerprint density at radius 2 is 1.00 bits per heavy atom. The molecule has 0 aliphatic heterocycles. The van der Waals surface area contributed by atoms with Gasteiger partial charge < -0.3 is 24.8 Å². The molecule has 0 bridgehead atoms. The van der Waals surface area contributed by atoms with Crippen molar-refractivity contribution in [2.75, 3.05) is 13.2 Å². The van der Waals surface area contributed by atoms with Crippen molar-refractivity contribution in [2.24, 2.45) is 0 Å². The van der Waals surface area contributed by atoms with Crippen LogP contribution in [0, 0.1) is 0 Å². The van der Waals surface area contributed by atoms with E-state index in [-0.39, 0.29) is 13.2 Å². The lowest BCUT2D eigenvalue weighted by Gasteiger charge is -2.26. The molecule has 0 heterocycles. The Bertz CT molecular complexity index is 800. The molecule has 180 valence electrons. The third-order valence-electron chi connectivity index (χ3n) is 4.35. The minimum Gasteiger partial charge on any atom is -0.444 e. The van der Waals surface area contributed by atoms with E-state index in [2.05, 4.69) is 10.6 Å². The molecule has 7 nitrogen and oxygen atoms in total. The number of rotatable bonds is 8. The zero-order valence-electron chi connectivity index (χ0n) is 20.4. The van der Waals surface area contributed by atoms with Crippen LogP contribution < -0.4 is 10.6 Å². The van der Waals surface area contributed by atoms with E-state index in [4.69, 9.17) is 14.2 Å². The zero-order chi connectivity index (χ0) is 24.5. The maximum atomic E-state index is 12.4. The van der Waals surface area contributed by atoms with Gasteiger partial charge in [-0.05, 0) is 52.7 Å². The first kappa shape index (κ1) is 26.2. The largest absolute Gasteiger partial charge is 0.444 e. The molecule has 2 atom stereocenters. The Labute approximate surface area is 196 Å². The van der Waals surface area contributed by atoms with Gasteiger partial charge in [0, 0.05) is 0 Å². The van der Waals surface area contributed by atoms with Gasteiger partial charge in [0.1, 0.15) is 11.2 Å². The Kier molecular flexibility index (Phi) is 9.29. The second-order valence-electron chi connectivity index (χ2n) is 9.76. The second kappa shape index (κ2) is 11.7. The van der Waals surface area contributed by atoms with Gasteiger partial charge in [0.05, 0.1) is 25.3 Å². The summed E-state index contributed by atoms with van der Waals surface area (Å²) in [6, 6.07) is 18.2. The van der Waals surface area contributed by atoms with Gasteiger partial charge >= 0.3 is 12.2 Å². The van der Waals surface area contributed by atoms with E-state index in [9.17, 15) is 9.59 Å². The Balaban J connectivity index is 2.08. The fraction of sp³-hybridized carbons (Fsp3) is 0.462. The van der Waals surface area contributed by atoms with Crippen molar-refractivity contribution in [1.29, 1.82) is 0 Å². The summed E-state index contributed by atoms with van der Waals surface area (Å²) in [5.74, 6) is 0. The van der Waals surface area contributed by atoms with Crippen LogP contribution in [-0.2, 0) is 14.2 Å². The third-order valence-corrected chi connectivity index (χ3v) is 4.35. The first-order chi connectivity index (χ1) is 15.4. The molecule has 0 unspecified atom stereocenters. The second-order valence-corrected chi connectivity index (χ2v) is 9.76. The van der Waals surface area contributed by atoms with Crippen LogP contribution in [0.4, 0.5) is 9.59 Å². The van der Waals surface area contributed by atoms with Crippen LogP contribution in [0.25, 0.3) is 0 Å². The quantitative estimate of drug-likeness (QED) is 0.545. The molecule has 0 fully saturated rings. The van der Waals surface area contributed by atoms with E-state index in [0.29, 0.717) is 0 Å². The summed E-state index contributed by atoms with van der Waals surface area (Å²) in [6.07, 6.45) is -1.04. The number of ether oxygens (including phenoxy) is 3. The number of carbonyl (C=O) groups is 2. The molecule has 0 aliphatic rings. The summed E-state index contributed by atoms with van der Waals surface area (Å²) in [7, 11) is 0. The number of carbonyl (C=O) groups excluding carboxylic acids is 2. The summed E-state index contributed by atoms with van der Waals surface area (Å²) in [5, 5.41) is 5.75. The topological polar surface area (TPSA) is 85.9 Å². The molecular formula is C26H36N2O5. The van der Waals surface area contributed by atoms with Crippen LogP contribution in [0.5, 0.6) is 0 Å². The Morgan fingerprint density at radius 1 is 0.667 bits per heavy atom. The van der Waals surface area contributed by atoms with E-state index in [1.807, 2.05) is 102 Å². The van der Waals surface area contributed by atoms with Gasteiger partial charge in [-0.2, -0.15) is 0 Å². The lowest BCUT2D eigenvalue weighted by molar-refractivity contribution is 0.0374. The number of nitrogens with one attached hydrogen (secondary N) is 2.